The molecule has 1 aromatic heterocycles. The summed E-state index contributed by atoms with van der Waals surface area (Å²) in [5.74, 6) is 0.0836. The molecule has 1 saturated heterocycles. The molecule has 2 rings (SSSR count). The molecule has 18 heavy (non-hydrogen) atoms. The Kier molecular flexibility index (Phi) is 3.78. The van der Waals surface area contributed by atoms with Crippen molar-refractivity contribution in [3.05, 3.63) is 24.0 Å². The summed E-state index contributed by atoms with van der Waals surface area (Å²) in [7, 11) is 0. The van der Waals surface area contributed by atoms with E-state index in [0.717, 1.165) is 25.9 Å². The molecule has 1 unspecified atom stereocenters. The lowest BCUT2D eigenvalue weighted by atomic mass is 10.2. The van der Waals surface area contributed by atoms with Gasteiger partial charge in [-0.05, 0) is 31.9 Å². The van der Waals surface area contributed by atoms with Crippen LogP contribution in [0.4, 0.5) is 5.69 Å². The molecule has 0 bridgehead atoms. The highest BCUT2D eigenvalue weighted by molar-refractivity contribution is 5.84. The molecule has 1 atom stereocenters. The van der Waals surface area contributed by atoms with Crippen molar-refractivity contribution in [2.75, 3.05) is 18.4 Å². The predicted molar refractivity (Wildman–Crippen MR) is 67.9 cm³/mol. The molecule has 0 aromatic carbocycles. The fourth-order valence-corrected chi connectivity index (χ4v) is 2.12. The molecule has 0 radical (unpaired) electrons. The number of carbonyl (C=O) groups is 1. The van der Waals surface area contributed by atoms with Crippen LogP contribution >= 0.6 is 0 Å². The first-order valence-corrected chi connectivity index (χ1v) is 6.13. The number of aromatic nitrogens is 1. The van der Waals surface area contributed by atoms with E-state index in [-0.39, 0.29) is 11.9 Å². The third kappa shape index (κ3) is 2.59. The van der Waals surface area contributed by atoms with Gasteiger partial charge in [0.15, 0.2) is 5.69 Å². The fraction of sp³-hybridized carbons (Fsp3) is 0.462. The van der Waals surface area contributed by atoms with Crippen molar-refractivity contribution in [3.8, 4) is 6.07 Å². The zero-order valence-electron chi connectivity index (χ0n) is 10.4. The van der Waals surface area contributed by atoms with E-state index in [1.54, 1.807) is 18.3 Å². The second-order valence-corrected chi connectivity index (χ2v) is 4.41. The third-order valence-electron chi connectivity index (χ3n) is 3.07. The highest BCUT2D eigenvalue weighted by atomic mass is 16.2. The van der Waals surface area contributed by atoms with E-state index in [1.165, 1.54) is 0 Å². The van der Waals surface area contributed by atoms with Gasteiger partial charge in [-0.2, -0.15) is 5.26 Å². The minimum atomic E-state index is -0.334. The zero-order valence-corrected chi connectivity index (χ0v) is 10.4. The van der Waals surface area contributed by atoms with Crippen molar-refractivity contribution < 1.29 is 4.79 Å². The number of hydrogen-bond donors (Lipinski definition) is 1. The van der Waals surface area contributed by atoms with Crippen LogP contribution in [-0.4, -0.2) is 34.9 Å². The van der Waals surface area contributed by atoms with Crippen molar-refractivity contribution in [1.82, 2.24) is 9.88 Å². The molecule has 1 N–H and O–H groups in total. The first kappa shape index (κ1) is 12.4. The number of nitriles is 1. The van der Waals surface area contributed by atoms with E-state index in [9.17, 15) is 4.79 Å². The predicted octanol–water partition coefficient (Wildman–Crippen LogP) is 1.38. The molecular weight excluding hydrogens is 228 g/mol. The zero-order chi connectivity index (χ0) is 13.0. The average Bonchev–Trinajstić information content (AvgIpc) is 2.92. The normalized spacial score (nSPS) is 16.1. The van der Waals surface area contributed by atoms with Gasteiger partial charge in [-0.25, -0.2) is 4.98 Å². The molecular formula is C13H16N4O. The molecule has 1 aliphatic heterocycles. The summed E-state index contributed by atoms with van der Waals surface area (Å²) in [4.78, 5) is 17.9. The Bertz CT molecular complexity index is 474. The molecule has 0 spiro atoms. The Balaban J connectivity index is 2.04. The van der Waals surface area contributed by atoms with Crippen LogP contribution in [0.25, 0.3) is 0 Å². The minimum Gasteiger partial charge on any atom is -0.372 e. The lowest BCUT2D eigenvalue weighted by molar-refractivity contribution is -0.130. The molecule has 0 aliphatic carbocycles. The molecule has 1 fully saturated rings. The lowest BCUT2D eigenvalue weighted by Crippen LogP contribution is -2.39. The van der Waals surface area contributed by atoms with Gasteiger partial charge < -0.3 is 10.2 Å². The summed E-state index contributed by atoms with van der Waals surface area (Å²) in [6.45, 7) is 3.49. The van der Waals surface area contributed by atoms with Crippen LogP contribution < -0.4 is 5.32 Å². The van der Waals surface area contributed by atoms with Crippen LogP contribution in [0.15, 0.2) is 18.3 Å². The number of carbonyl (C=O) groups excluding carboxylic acids is 1. The Labute approximate surface area is 106 Å². The van der Waals surface area contributed by atoms with Crippen molar-refractivity contribution in [3.63, 3.8) is 0 Å². The van der Waals surface area contributed by atoms with Crippen molar-refractivity contribution in [1.29, 1.82) is 5.26 Å². The maximum Gasteiger partial charge on any atom is 0.244 e. The number of anilines is 1. The molecule has 2 heterocycles. The molecule has 1 amide bonds. The maximum atomic E-state index is 12.1. The summed E-state index contributed by atoms with van der Waals surface area (Å²) < 4.78 is 0. The number of pyridine rings is 1. The molecule has 5 heteroatoms. The number of nitrogens with one attached hydrogen (secondary N) is 1. The Morgan fingerprint density at radius 1 is 1.56 bits per heavy atom. The highest BCUT2D eigenvalue weighted by Gasteiger charge is 2.23. The quantitative estimate of drug-likeness (QED) is 0.872. The van der Waals surface area contributed by atoms with Crippen LogP contribution in [0.5, 0.6) is 0 Å². The highest BCUT2D eigenvalue weighted by Crippen LogP contribution is 2.15. The van der Waals surface area contributed by atoms with E-state index in [0.29, 0.717) is 11.4 Å². The maximum absolute atomic E-state index is 12.1. The second kappa shape index (κ2) is 5.50. The standard InChI is InChI=1S/C13H16N4O/c1-10(13(18)17-7-2-3-8-17)16-11-5-4-6-15-12(11)9-14/h4-6,10,16H,2-3,7-8H2,1H3. The minimum absolute atomic E-state index is 0.0836. The fourth-order valence-electron chi connectivity index (χ4n) is 2.12. The SMILES string of the molecule is CC(Nc1cccnc1C#N)C(=O)N1CCCC1. The monoisotopic (exact) mass is 244 g/mol. The molecule has 5 nitrogen and oxygen atoms in total. The topological polar surface area (TPSA) is 69.0 Å². The van der Waals surface area contributed by atoms with Gasteiger partial charge in [-0.1, -0.05) is 0 Å². The summed E-state index contributed by atoms with van der Waals surface area (Å²) in [6.07, 6.45) is 3.72. The number of hydrogen-bond acceptors (Lipinski definition) is 4. The van der Waals surface area contributed by atoms with Gasteiger partial charge in [0.25, 0.3) is 0 Å². The van der Waals surface area contributed by atoms with E-state index in [2.05, 4.69) is 10.3 Å². The van der Waals surface area contributed by atoms with Crippen molar-refractivity contribution in [2.24, 2.45) is 0 Å². The van der Waals surface area contributed by atoms with Gasteiger partial charge in [-0.3, -0.25) is 4.79 Å². The van der Waals surface area contributed by atoms with Gasteiger partial charge in [0.1, 0.15) is 12.1 Å². The Hall–Kier alpha value is -2.09. The first-order chi connectivity index (χ1) is 8.72. The number of likely N-dealkylation sites (tertiary alicyclic amines) is 1. The van der Waals surface area contributed by atoms with Crippen LogP contribution in [0.1, 0.15) is 25.5 Å². The van der Waals surface area contributed by atoms with Gasteiger partial charge in [0.2, 0.25) is 5.91 Å². The number of amides is 1. The third-order valence-corrected chi connectivity index (χ3v) is 3.07. The van der Waals surface area contributed by atoms with Crippen LogP contribution in [-0.2, 0) is 4.79 Å². The second-order valence-electron chi connectivity index (χ2n) is 4.41. The van der Waals surface area contributed by atoms with Gasteiger partial charge in [0, 0.05) is 19.3 Å². The first-order valence-electron chi connectivity index (χ1n) is 6.13. The van der Waals surface area contributed by atoms with E-state index >= 15 is 0 Å². The summed E-state index contributed by atoms with van der Waals surface area (Å²) in [6, 6.07) is 5.19. The molecule has 1 aliphatic rings. The van der Waals surface area contributed by atoms with Gasteiger partial charge in [-0.15, -0.1) is 0 Å². The smallest absolute Gasteiger partial charge is 0.244 e. The van der Waals surface area contributed by atoms with Crippen molar-refractivity contribution >= 4 is 11.6 Å². The van der Waals surface area contributed by atoms with Crippen molar-refractivity contribution in [2.45, 2.75) is 25.8 Å². The van der Waals surface area contributed by atoms with Crippen LogP contribution in [0, 0.1) is 11.3 Å². The van der Waals surface area contributed by atoms with Crippen LogP contribution in [0.2, 0.25) is 0 Å². The van der Waals surface area contributed by atoms with E-state index < -0.39 is 0 Å². The molecule has 0 saturated carbocycles. The summed E-state index contributed by atoms with van der Waals surface area (Å²) >= 11 is 0. The Morgan fingerprint density at radius 3 is 2.94 bits per heavy atom. The average molecular weight is 244 g/mol. The molecule has 1 aromatic rings. The summed E-state index contributed by atoms with van der Waals surface area (Å²) in [5, 5.41) is 12.0. The summed E-state index contributed by atoms with van der Waals surface area (Å²) in [5.41, 5.74) is 0.929. The largest absolute Gasteiger partial charge is 0.372 e. The lowest BCUT2D eigenvalue weighted by Gasteiger charge is -2.22. The Morgan fingerprint density at radius 2 is 2.28 bits per heavy atom. The number of rotatable bonds is 3. The number of nitrogens with zero attached hydrogens (tertiary/aromatic N) is 3. The van der Waals surface area contributed by atoms with Gasteiger partial charge in [0.05, 0.1) is 5.69 Å². The van der Waals surface area contributed by atoms with E-state index in [1.807, 2.05) is 17.9 Å². The van der Waals surface area contributed by atoms with Crippen LogP contribution in [0.3, 0.4) is 0 Å². The van der Waals surface area contributed by atoms with Gasteiger partial charge >= 0.3 is 0 Å². The molecule has 94 valence electrons. The van der Waals surface area contributed by atoms with E-state index in [4.69, 9.17) is 5.26 Å².